The van der Waals surface area contributed by atoms with E-state index in [1.54, 1.807) is 18.2 Å². The monoisotopic (exact) mass is 531 g/mol. The summed E-state index contributed by atoms with van der Waals surface area (Å²) in [7, 11) is -4.65. The maximum absolute atomic E-state index is 12.5. The average Bonchev–Trinajstić information content (AvgIpc) is 2.81. The van der Waals surface area contributed by atoms with Crippen molar-refractivity contribution in [3.63, 3.8) is 0 Å². The van der Waals surface area contributed by atoms with Gasteiger partial charge in [-0.1, -0.05) is 29.8 Å². The van der Waals surface area contributed by atoms with Gasteiger partial charge >= 0.3 is 12.3 Å². The Hall–Kier alpha value is -3.01. The number of hydrogen-bond acceptors (Lipinski definition) is 5. The van der Waals surface area contributed by atoms with Gasteiger partial charge < -0.3 is 14.7 Å². The number of carbonyl (C=O) groups is 1. The van der Waals surface area contributed by atoms with E-state index in [4.69, 9.17) is 16.3 Å². The summed E-state index contributed by atoms with van der Waals surface area (Å²) < 4.78 is 69.5. The van der Waals surface area contributed by atoms with Gasteiger partial charge in [0.05, 0.1) is 6.61 Å². The van der Waals surface area contributed by atoms with Crippen LogP contribution >= 0.6 is 11.6 Å². The van der Waals surface area contributed by atoms with Crippen molar-refractivity contribution in [2.24, 2.45) is 5.92 Å². The Morgan fingerprint density at radius 3 is 2.54 bits per heavy atom. The normalized spacial score (nSPS) is 18.7. The minimum absolute atomic E-state index is 0.0643. The fourth-order valence-corrected chi connectivity index (χ4v) is 5.25. The zero-order valence-electron chi connectivity index (χ0n) is 18.1. The quantitative estimate of drug-likeness (QED) is 0.552. The van der Waals surface area contributed by atoms with Crippen LogP contribution in [0.25, 0.3) is 0 Å². The molecule has 2 aromatic carbocycles. The third kappa shape index (κ3) is 6.78. The molecule has 0 unspecified atom stereocenters. The summed E-state index contributed by atoms with van der Waals surface area (Å²) in [4.78, 5) is 12.1. The summed E-state index contributed by atoms with van der Waals surface area (Å²) in [5.41, 5.74) is 0.470. The molecule has 1 heterocycles. The molecular weight excluding hydrogens is 511 g/mol. The van der Waals surface area contributed by atoms with E-state index < -0.39 is 39.3 Å². The summed E-state index contributed by atoms with van der Waals surface area (Å²) in [6, 6.07) is 12.4. The molecule has 2 atom stereocenters. The van der Waals surface area contributed by atoms with Crippen LogP contribution in [-0.2, 0) is 10.0 Å². The Morgan fingerprint density at radius 1 is 1.26 bits per heavy atom. The van der Waals surface area contributed by atoms with Crippen molar-refractivity contribution >= 4 is 27.7 Å². The number of carboxylic acid groups (broad SMARTS) is 1. The Kier molecular flexibility index (Phi) is 8.15. The zero-order valence-corrected chi connectivity index (χ0v) is 19.7. The topological polar surface area (TPSA) is 120 Å². The predicted molar refractivity (Wildman–Crippen MR) is 120 cm³/mol. The van der Waals surface area contributed by atoms with E-state index in [0.717, 1.165) is 11.6 Å². The molecule has 2 N–H and O–H groups in total. The van der Waals surface area contributed by atoms with E-state index in [9.17, 15) is 36.8 Å². The number of nitrogens with one attached hydrogen (secondary N) is 1. The number of piperidine rings is 1. The summed E-state index contributed by atoms with van der Waals surface area (Å²) in [5.74, 6) is -0.588. The van der Waals surface area contributed by atoms with Crippen LogP contribution in [0.15, 0.2) is 47.4 Å². The van der Waals surface area contributed by atoms with Crippen LogP contribution < -0.4 is 9.46 Å². The standard InChI is InChI=1S/C22H21ClF3N3O5S/c23-16-6-4-14(5-7-16)17-8-9-29(21(30)31)11-15(17)12-34-19-2-1-3-20(18(19)10-27)35(32,33)28-13-22(24,25)26/h1-7,15,17,28H,8-9,11-13H2,(H,30,31)/t15-,17+/m1/s1. The Bertz CT molecular complexity index is 1220. The SMILES string of the molecule is N#Cc1c(OC[C@H]2CN(C(=O)O)CC[C@H]2c2ccc(Cl)cc2)cccc1S(=O)(=O)NCC(F)(F)F. The molecule has 8 nitrogen and oxygen atoms in total. The van der Waals surface area contributed by atoms with Crippen LogP contribution in [0.3, 0.4) is 0 Å². The van der Waals surface area contributed by atoms with Gasteiger partial charge in [0.15, 0.2) is 0 Å². The van der Waals surface area contributed by atoms with Gasteiger partial charge in [-0.3, -0.25) is 0 Å². The lowest BCUT2D eigenvalue weighted by molar-refractivity contribution is -0.121. The number of nitrogens with zero attached hydrogens (tertiary/aromatic N) is 2. The summed E-state index contributed by atoms with van der Waals surface area (Å²) >= 11 is 5.97. The number of ether oxygens (including phenoxy) is 1. The fourth-order valence-electron chi connectivity index (χ4n) is 3.94. The largest absolute Gasteiger partial charge is 0.492 e. The molecule has 1 amide bonds. The van der Waals surface area contributed by atoms with Gasteiger partial charge in [0.25, 0.3) is 0 Å². The number of likely N-dealkylation sites (tertiary alicyclic amines) is 1. The van der Waals surface area contributed by atoms with Crippen molar-refractivity contribution in [1.29, 1.82) is 5.26 Å². The van der Waals surface area contributed by atoms with Crippen LogP contribution in [0, 0.1) is 17.2 Å². The second-order valence-corrected chi connectivity index (χ2v) is 10.1. The zero-order chi connectivity index (χ0) is 25.8. The van der Waals surface area contributed by atoms with Crippen molar-refractivity contribution < 1.29 is 36.2 Å². The number of alkyl halides is 3. The van der Waals surface area contributed by atoms with Crippen molar-refractivity contribution in [3.05, 3.63) is 58.6 Å². The maximum Gasteiger partial charge on any atom is 0.407 e. The summed E-state index contributed by atoms with van der Waals surface area (Å²) in [6.07, 6.45) is -5.36. The van der Waals surface area contributed by atoms with Crippen LogP contribution in [0.4, 0.5) is 18.0 Å². The van der Waals surface area contributed by atoms with E-state index in [1.807, 2.05) is 12.1 Å². The molecule has 0 aliphatic carbocycles. The van der Waals surface area contributed by atoms with Gasteiger partial charge in [-0.15, -0.1) is 0 Å². The molecule has 0 aromatic heterocycles. The molecule has 1 aliphatic heterocycles. The molecular formula is C22H21ClF3N3O5S. The Morgan fingerprint density at radius 2 is 1.94 bits per heavy atom. The molecule has 2 aromatic rings. The van der Waals surface area contributed by atoms with Crippen LogP contribution in [0.1, 0.15) is 23.5 Å². The van der Waals surface area contributed by atoms with Gasteiger partial charge in [-0.05, 0) is 42.2 Å². The van der Waals surface area contributed by atoms with Crippen molar-refractivity contribution in [1.82, 2.24) is 9.62 Å². The summed E-state index contributed by atoms with van der Waals surface area (Å²) in [5, 5.41) is 19.5. The van der Waals surface area contributed by atoms with Crippen LogP contribution in [0.2, 0.25) is 5.02 Å². The highest BCUT2D eigenvalue weighted by Gasteiger charge is 2.34. The smallest absolute Gasteiger partial charge is 0.407 e. The molecule has 1 saturated heterocycles. The number of rotatable bonds is 7. The molecule has 0 saturated carbocycles. The van der Waals surface area contributed by atoms with Crippen LogP contribution in [0.5, 0.6) is 5.75 Å². The second-order valence-electron chi connectivity index (χ2n) is 7.93. The number of sulfonamides is 1. The highest BCUT2D eigenvalue weighted by atomic mass is 35.5. The first-order valence-electron chi connectivity index (χ1n) is 10.4. The number of amides is 1. The number of benzene rings is 2. The van der Waals surface area contributed by atoms with E-state index in [0.29, 0.717) is 18.0 Å². The third-order valence-electron chi connectivity index (χ3n) is 5.61. The first-order valence-corrected chi connectivity index (χ1v) is 12.2. The lowest BCUT2D eigenvalue weighted by Gasteiger charge is -2.37. The number of hydrogen-bond donors (Lipinski definition) is 2. The van der Waals surface area contributed by atoms with Gasteiger partial charge in [0.2, 0.25) is 10.0 Å². The highest BCUT2D eigenvalue weighted by Crippen LogP contribution is 2.35. The number of nitriles is 1. The van der Waals surface area contributed by atoms with E-state index in [1.165, 1.54) is 21.8 Å². The average molecular weight is 532 g/mol. The number of halogens is 4. The first kappa shape index (κ1) is 26.6. The van der Waals surface area contributed by atoms with Crippen molar-refractivity contribution in [2.75, 3.05) is 26.2 Å². The molecule has 1 fully saturated rings. The molecule has 0 radical (unpaired) electrons. The second kappa shape index (κ2) is 10.7. The lowest BCUT2D eigenvalue weighted by atomic mass is 9.81. The molecule has 188 valence electrons. The highest BCUT2D eigenvalue weighted by molar-refractivity contribution is 7.89. The van der Waals surface area contributed by atoms with E-state index in [2.05, 4.69) is 0 Å². The fraction of sp³-hybridized carbons (Fsp3) is 0.364. The maximum atomic E-state index is 12.5. The lowest BCUT2D eigenvalue weighted by Crippen LogP contribution is -2.44. The predicted octanol–water partition coefficient (Wildman–Crippen LogP) is 4.21. The molecule has 0 bridgehead atoms. The molecule has 35 heavy (non-hydrogen) atoms. The van der Waals surface area contributed by atoms with Gasteiger partial charge in [-0.25, -0.2) is 17.9 Å². The Balaban J connectivity index is 1.85. The van der Waals surface area contributed by atoms with Crippen molar-refractivity contribution in [2.45, 2.75) is 23.4 Å². The van der Waals surface area contributed by atoms with Crippen LogP contribution in [-0.4, -0.2) is 56.9 Å². The molecule has 0 spiro atoms. The first-order chi connectivity index (χ1) is 16.4. The van der Waals surface area contributed by atoms with E-state index in [-0.39, 0.29) is 30.7 Å². The van der Waals surface area contributed by atoms with Gasteiger partial charge in [0, 0.05) is 24.0 Å². The molecule has 3 rings (SSSR count). The minimum Gasteiger partial charge on any atom is -0.492 e. The molecule has 13 heteroatoms. The van der Waals surface area contributed by atoms with Crippen molar-refractivity contribution in [3.8, 4) is 11.8 Å². The third-order valence-corrected chi connectivity index (χ3v) is 7.30. The van der Waals surface area contributed by atoms with Gasteiger partial charge in [-0.2, -0.15) is 18.4 Å². The van der Waals surface area contributed by atoms with E-state index >= 15 is 0 Å². The minimum atomic E-state index is -4.78. The van der Waals surface area contributed by atoms with Gasteiger partial charge in [0.1, 0.15) is 28.8 Å². The Labute approximate surface area is 204 Å². The summed E-state index contributed by atoms with van der Waals surface area (Å²) in [6.45, 7) is -1.41. The molecule has 1 aliphatic rings.